The van der Waals surface area contributed by atoms with Gasteiger partial charge in [-0.2, -0.15) is 0 Å². The van der Waals surface area contributed by atoms with E-state index in [0.717, 1.165) is 5.69 Å². The highest BCUT2D eigenvalue weighted by atomic mass is 35.5. The molecular formula is C10H11Cl2N3O. The van der Waals surface area contributed by atoms with Gasteiger partial charge in [0.15, 0.2) is 0 Å². The molecule has 0 atom stereocenters. The molecule has 16 heavy (non-hydrogen) atoms. The Morgan fingerprint density at radius 1 is 1.31 bits per heavy atom. The fourth-order valence-corrected chi connectivity index (χ4v) is 1.58. The second-order valence-corrected chi connectivity index (χ2v) is 3.78. The minimum atomic E-state index is -0.0741. The molecule has 1 aliphatic heterocycles. The van der Waals surface area contributed by atoms with Crippen LogP contribution in [0.1, 0.15) is 0 Å². The van der Waals surface area contributed by atoms with Crippen molar-refractivity contribution in [2.45, 2.75) is 0 Å². The number of hydrogen-bond donors (Lipinski definition) is 1. The largest absolute Gasteiger partial charge is 0.303 e. The summed E-state index contributed by atoms with van der Waals surface area (Å²) in [6, 6.07) is 7.08. The highest BCUT2D eigenvalue weighted by molar-refractivity contribution is 6.30. The first kappa shape index (κ1) is 12.8. The van der Waals surface area contributed by atoms with Crippen LogP contribution in [0.25, 0.3) is 0 Å². The van der Waals surface area contributed by atoms with E-state index in [0.29, 0.717) is 5.02 Å². The fourth-order valence-electron chi connectivity index (χ4n) is 1.45. The Morgan fingerprint density at radius 2 is 1.88 bits per heavy atom. The van der Waals surface area contributed by atoms with Gasteiger partial charge in [-0.3, -0.25) is 15.1 Å². The van der Waals surface area contributed by atoms with Gasteiger partial charge in [0.05, 0.1) is 0 Å². The van der Waals surface area contributed by atoms with Gasteiger partial charge in [0.1, 0.15) is 6.54 Å². The van der Waals surface area contributed by atoms with Crippen LogP contribution in [0.3, 0.4) is 0 Å². The number of benzene rings is 1. The molecule has 1 saturated heterocycles. The first-order valence-electron chi connectivity index (χ1n) is 4.48. The van der Waals surface area contributed by atoms with E-state index < -0.39 is 0 Å². The van der Waals surface area contributed by atoms with Gasteiger partial charge in [0.25, 0.3) is 0 Å². The number of rotatable bonds is 1. The van der Waals surface area contributed by atoms with Gasteiger partial charge >= 0.3 is 0 Å². The van der Waals surface area contributed by atoms with E-state index in [-0.39, 0.29) is 30.8 Å². The lowest BCUT2D eigenvalue weighted by Crippen LogP contribution is -2.30. The molecule has 1 heterocycles. The van der Waals surface area contributed by atoms with Crippen molar-refractivity contribution in [3.8, 4) is 0 Å². The van der Waals surface area contributed by atoms with Crippen LogP contribution in [-0.2, 0) is 4.79 Å². The normalized spacial score (nSPS) is 15.4. The van der Waals surface area contributed by atoms with E-state index in [4.69, 9.17) is 17.0 Å². The summed E-state index contributed by atoms with van der Waals surface area (Å²) in [6.45, 7) is 0.219. The summed E-state index contributed by atoms with van der Waals surface area (Å²) in [5.74, 6) is 0.122. The van der Waals surface area contributed by atoms with Crippen molar-refractivity contribution in [2.24, 2.45) is 0 Å². The number of carbonyl (C=O) groups is 1. The number of carbonyl (C=O) groups excluding carboxylic acids is 1. The van der Waals surface area contributed by atoms with Crippen LogP contribution in [0.2, 0.25) is 5.02 Å². The zero-order valence-corrected chi connectivity index (χ0v) is 10.2. The molecule has 4 nitrogen and oxygen atoms in total. The van der Waals surface area contributed by atoms with Gasteiger partial charge < -0.3 is 4.90 Å². The highest BCUT2D eigenvalue weighted by Gasteiger charge is 2.30. The fraction of sp³-hybridized carbons (Fsp3) is 0.200. The summed E-state index contributed by atoms with van der Waals surface area (Å²) >= 11 is 5.76. The zero-order valence-electron chi connectivity index (χ0n) is 8.61. The molecule has 2 rings (SSSR count). The van der Waals surface area contributed by atoms with Crippen LogP contribution in [0, 0.1) is 5.41 Å². The average Bonchev–Trinajstić information content (AvgIpc) is 2.47. The van der Waals surface area contributed by atoms with Gasteiger partial charge in [-0.05, 0) is 24.3 Å². The number of amides is 1. The molecule has 1 N–H and O–H groups in total. The van der Waals surface area contributed by atoms with Gasteiger partial charge in [-0.1, -0.05) is 11.6 Å². The zero-order chi connectivity index (χ0) is 11.0. The highest BCUT2D eigenvalue weighted by Crippen LogP contribution is 2.21. The van der Waals surface area contributed by atoms with Crippen molar-refractivity contribution in [1.82, 2.24) is 4.90 Å². The molecule has 6 heteroatoms. The third kappa shape index (κ3) is 2.13. The number of guanidine groups is 1. The number of likely N-dealkylation sites (N-methyl/N-ethyl adjacent to an activating group) is 1. The van der Waals surface area contributed by atoms with Crippen LogP contribution in [-0.4, -0.2) is 30.4 Å². The summed E-state index contributed by atoms with van der Waals surface area (Å²) in [5, 5.41) is 8.37. The van der Waals surface area contributed by atoms with Crippen LogP contribution < -0.4 is 4.90 Å². The number of nitrogens with zero attached hydrogens (tertiary/aromatic N) is 2. The molecule has 1 aromatic carbocycles. The standard InChI is InChI=1S/C10H10ClN3O.ClH/c1-13-9(15)6-14(10(13)12)8-4-2-7(11)3-5-8;/h2-5,12H,6H2,1H3;1H. The maximum atomic E-state index is 11.4. The van der Waals surface area contributed by atoms with E-state index in [1.807, 2.05) is 0 Å². The van der Waals surface area contributed by atoms with Crippen LogP contribution in [0.4, 0.5) is 5.69 Å². The van der Waals surface area contributed by atoms with Gasteiger partial charge in [-0.25, -0.2) is 0 Å². The van der Waals surface area contributed by atoms with E-state index in [2.05, 4.69) is 0 Å². The third-order valence-corrected chi connectivity index (χ3v) is 2.63. The molecule has 0 radical (unpaired) electrons. The maximum Gasteiger partial charge on any atom is 0.249 e. The van der Waals surface area contributed by atoms with E-state index in [9.17, 15) is 4.79 Å². The van der Waals surface area contributed by atoms with Crippen molar-refractivity contribution in [2.75, 3.05) is 18.5 Å². The summed E-state index contributed by atoms with van der Waals surface area (Å²) in [5.41, 5.74) is 0.808. The summed E-state index contributed by atoms with van der Waals surface area (Å²) in [7, 11) is 1.60. The average molecular weight is 260 g/mol. The Kier molecular flexibility index (Phi) is 3.78. The molecule has 0 spiro atoms. The lowest BCUT2D eigenvalue weighted by atomic mass is 10.3. The molecule has 0 aromatic heterocycles. The minimum absolute atomic E-state index is 0. The second kappa shape index (κ2) is 4.72. The van der Waals surface area contributed by atoms with Crippen molar-refractivity contribution in [3.63, 3.8) is 0 Å². The molecule has 0 saturated carbocycles. The molecule has 0 aliphatic carbocycles. The van der Waals surface area contributed by atoms with Crippen LogP contribution in [0.5, 0.6) is 0 Å². The Bertz CT molecular complexity index is 419. The second-order valence-electron chi connectivity index (χ2n) is 3.34. The number of nitrogens with one attached hydrogen (secondary N) is 1. The monoisotopic (exact) mass is 259 g/mol. The van der Waals surface area contributed by atoms with Gasteiger partial charge in [-0.15, -0.1) is 12.4 Å². The Hall–Kier alpha value is -1.26. The molecular weight excluding hydrogens is 249 g/mol. The SMILES string of the molecule is CN1C(=N)N(c2ccc(Cl)cc2)CC1=O.Cl. The van der Waals surface area contributed by atoms with E-state index in [1.54, 1.807) is 36.2 Å². The smallest absolute Gasteiger partial charge is 0.249 e. The lowest BCUT2D eigenvalue weighted by Gasteiger charge is -2.17. The van der Waals surface area contributed by atoms with E-state index >= 15 is 0 Å². The van der Waals surface area contributed by atoms with Crippen molar-refractivity contribution in [1.29, 1.82) is 5.41 Å². The summed E-state index contributed by atoms with van der Waals surface area (Å²) in [4.78, 5) is 14.3. The predicted octanol–water partition coefficient (Wildman–Crippen LogP) is 1.97. The molecule has 1 aromatic rings. The quantitative estimate of drug-likeness (QED) is 0.839. The summed E-state index contributed by atoms with van der Waals surface area (Å²) < 4.78 is 0. The number of anilines is 1. The first-order chi connectivity index (χ1) is 7.09. The maximum absolute atomic E-state index is 11.4. The molecule has 1 aliphatic rings. The molecule has 86 valence electrons. The van der Waals surface area contributed by atoms with Crippen molar-refractivity contribution < 1.29 is 4.79 Å². The summed E-state index contributed by atoms with van der Waals surface area (Å²) in [6.07, 6.45) is 0. The Balaban J connectivity index is 0.00000128. The number of hydrogen-bond acceptors (Lipinski definition) is 2. The minimum Gasteiger partial charge on any atom is -0.303 e. The molecule has 0 bridgehead atoms. The van der Waals surface area contributed by atoms with E-state index in [1.165, 1.54) is 4.90 Å². The molecule has 1 amide bonds. The topological polar surface area (TPSA) is 47.4 Å². The van der Waals surface area contributed by atoms with Gasteiger partial charge in [0, 0.05) is 17.8 Å². The van der Waals surface area contributed by atoms with Crippen LogP contribution in [0.15, 0.2) is 24.3 Å². The molecule has 0 unspecified atom stereocenters. The lowest BCUT2D eigenvalue weighted by molar-refractivity contribution is -0.123. The first-order valence-corrected chi connectivity index (χ1v) is 4.85. The van der Waals surface area contributed by atoms with Crippen molar-refractivity contribution >= 4 is 41.6 Å². The number of halogens is 2. The molecule has 1 fully saturated rings. The Labute approximate surface area is 105 Å². The third-order valence-electron chi connectivity index (χ3n) is 2.38. The van der Waals surface area contributed by atoms with Crippen molar-refractivity contribution in [3.05, 3.63) is 29.3 Å². The Morgan fingerprint density at radius 3 is 2.31 bits per heavy atom. The predicted molar refractivity (Wildman–Crippen MR) is 66.5 cm³/mol. The van der Waals surface area contributed by atoms with Gasteiger partial charge in [0.2, 0.25) is 11.9 Å². The van der Waals surface area contributed by atoms with Crippen LogP contribution >= 0.6 is 24.0 Å².